The van der Waals surface area contributed by atoms with E-state index < -0.39 is 11.0 Å². The molecule has 0 aromatic heterocycles. The van der Waals surface area contributed by atoms with Crippen molar-refractivity contribution >= 4 is 11.6 Å². The Morgan fingerprint density at radius 2 is 1.54 bits per heavy atom. The Balaban J connectivity index is 1.98. The minimum atomic E-state index is -0.788. The molecule has 0 N–H and O–H groups in total. The number of non-ortho nitro benzene ring substituents is 1. The third-order valence-electron chi connectivity index (χ3n) is 4.33. The van der Waals surface area contributed by atoms with Gasteiger partial charge in [0.15, 0.2) is 0 Å². The Hall–Kier alpha value is -3.98. The highest BCUT2D eigenvalue weighted by Crippen LogP contribution is 2.25. The summed E-state index contributed by atoms with van der Waals surface area (Å²) >= 11 is 0. The van der Waals surface area contributed by atoms with Gasteiger partial charge in [0.2, 0.25) is 0 Å². The molecule has 28 heavy (non-hydrogen) atoms. The van der Waals surface area contributed by atoms with Gasteiger partial charge in [0.05, 0.1) is 11.0 Å². The number of carbonyl (C=O) groups is 1. The Labute approximate surface area is 162 Å². The molecule has 3 aromatic rings. The molecule has 1 amide bonds. The van der Waals surface area contributed by atoms with E-state index in [0.717, 1.165) is 5.56 Å². The van der Waals surface area contributed by atoms with Gasteiger partial charge < -0.3 is 4.90 Å². The van der Waals surface area contributed by atoms with Gasteiger partial charge in [-0.2, -0.15) is 5.26 Å². The number of carbonyl (C=O) groups excluding carboxylic acids is 1. The zero-order valence-electron chi connectivity index (χ0n) is 14.9. The monoisotopic (exact) mass is 371 g/mol. The molecule has 138 valence electrons. The Morgan fingerprint density at radius 3 is 2.07 bits per heavy atom. The molecular formula is C22H17N3O3. The molecule has 0 saturated carbocycles. The van der Waals surface area contributed by atoms with Crippen molar-refractivity contribution in [2.75, 3.05) is 0 Å². The van der Waals surface area contributed by atoms with Gasteiger partial charge in [-0.05, 0) is 23.3 Å². The molecule has 3 rings (SSSR count). The third kappa shape index (κ3) is 4.22. The van der Waals surface area contributed by atoms with Gasteiger partial charge in [0.1, 0.15) is 6.04 Å². The van der Waals surface area contributed by atoms with E-state index in [2.05, 4.69) is 6.07 Å². The average Bonchev–Trinajstić information content (AvgIpc) is 2.74. The second-order valence-electron chi connectivity index (χ2n) is 6.16. The van der Waals surface area contributed by atoms with Crippen molar-refractivity contribution in [2.24, 2.45) is 0 Å². The SMILES string of the molecule is N#CC(c1ccccc1)N(Cc1ccccc1)C(=O)c1ccc([N+](=O)[O-])cc1. The van der Waals surface area contributed by atoms with Crippen LogP contribution in [0, 0.1) is 21.4 Å². The Morgan fingerprint density at radius 1 is 0.964 bits per heavy atom. The summed E-state index contributed by atoms with van der Waals surface area (Å²) < 4.78 is 0. The summed E-state index contributed by atoms with van der Waals surface area (Å²) in [7, 11) is 0. The van der Waals surface area contributed by atoms with Crippen LogP contribution < -0.4 is 0 Å². The number of nitro benzene ring substituents is 1. The van der Waals surface area contributed by atoms with Gasteiger partial charge in [-0.25, -0.2) is 0 Å². The number of rotatable bonds is 6. The summed E-state index contributed by atoms with van der Waals surface area (Å²) in [5.74, 6) is -0.367. The van der Waals surface area contributed by atoms with Crippen molar-refractivity contribution < 1.29 is 9.72 Å². The van der Waals surface area contributed by atoms with Gasteiger partial charge in [-0.15, -0.1) is 0 Å². The lowest BCUT2D eigenvalue weighted by atomic mass is 10.0. The van der Waals surface area contributed by atoms with Crippen LogP contribution in [-0.4, -0.2) is 15.7 Å². The van der Waals surface area contributed by atoms with E-state index in [0.29, 0.717) is 5.56 Å². The van der Waals surface area contributed by atoms with Gasteiger partial charge in [0, 0.05) is 24.2 Å². The van der Waals surface area contributed by atoms with Gasteiger partial charge in [0.25, 0.3) is 11.6 Å². The summed E-state index contributed by atoms with van der Waals surface area (Å²) in [6, 6.07) is 25.3. The number of hydrogen-bond acceptors (Lipinski definition) is 4. The van der Waals surface area contributed by atoms with Crippen LogP contribution in [0.2, 0.25) is 0 Å². The first-order valence-electron chi connectivity index (χ1n) is 8.64. The predicted molar refractivity (Wildman–Crippen MR) is 104 cm³/mol. The van der Waals surface area contributed by atoms with E-state index in [1.807, 2.05) is 48.5 Å². The largest absolute Gasteiger partial charge is 0.314 e. The van der Waals surface area contributed by atoms with Crippen LogP contribution in [-0.2, 0) is 6.54 Å². The molecule has 0 aliphatic heterocycles. The number of nitriles is 1. The van der Waals surface area contributed by atoms with E-state index in [4.69, 9.17) is 0 Å². The lowest BCUT2D eigenvalue weighted by Crippen LogP contribution is -2.34. The first-order valence-corrected chi connectivity index (χ1v) is 8.64. The van der Waals surface area contributed by atoms with Crippen LogP contribution in [0.15, 0.2) is 84.9 Å². The third-order valence-corrected chi connectivity index (χ3v) is 4.33. The van der Waals surface area contributed by atoms with Crippen LogP contribution in [0.3, 0.4) is 0 Å². The van der Waals surface area contributed by atoms with Crippen LogP contribution in [0.25, 0.3) is 0 Å². The molecule has 0 spiro atoms. The maximum absolute atomic E-state index is 13.2. The lowest BCUT2D eigenvalue weighted by Gasteiger charge is -2.28. The molecule has 0 radical (unpaired) electrons. The van der Waals surface area contributed by atoms with Gasteiger partial charge in [-0.3, -0.25) is 14.9 Å². The number of nitrogens with zero attached hydrogens (tertiary/aromatic N) is 3. The van der Waals surface area contributed by atoms with Crippen molar-refractivity contribution in [1.82, 2.24) is 4.90 Å². The smallest absolute Gasteiger partial charge is 0.269 e. The van der Waals surface area contributed by atoms with Gasteiger partial charge >= 0.3 is 0 Å². The predicted octanol–water partition coefficient (Wildman–Crippen LogP) is 4.50. The zero-order valence-corrected chi connectivity index (χ0v) is 14.9. The number of nitro groups is 1. The fourth-order valence-corrected chi connectivity index (χ4v) is 2.91. The second-order valence-corrected chi connectivity index (χ2v) is 6.16. The highest BCUT2D eigenvalue weighted by atomic mass is 16.6. The fourth-order valence-electron chi connectivity index (χ4n) is 2.91. The van der Waals surface area contributed by atoms with Crippen molar-refractivity contribution in [3.8, 4) is 6.07 Å². The first-order chi connectivity index (χ1) is 13.6. The van der Waals surface area contributed by atoms with Crippen LogP contribution in [0.1, 0.15) is 27.5 Å². The fraction of sp³-hybridized carbons (Fsp3) is 0.0909. The topological polar surface area (TPSA) is 87.2 Å². The summed E-state index contributed by atoms with van der Waals surface area (Å²) in [5.41, 5.74) is 1.79. The minimum Gasteiger partial charge on any atom is -0.314 e. The molecule has 0 fully saturated rings. The highest BCUT2D eigenvalue weighted by molar-refractivity contribution is 5.95. The summed E-state index contributed by atoms with van der Waals surface area (Å²) in [5, 5.41) is 20.7. The van der Waals surface area contributed by atoms with E-state index in [-0.39, 0.29) is 23.7 Å². The Kier molecular flexibility index (Phi) is 5.78. The average molecular weight is 371 g/mol. The van der Waals surface area contributed by atoms with E-state index in [1.165, 1.54) is 29.2 Å². The molecule has 6 nitrogen and oxygen atoms in total. The van der Waals surface area contributed by atoms with Crippen molar-refractivity contribution in [3.05, 3.63) is 112 Å². The van der Waals surface area contributed by atoms with E-state index in [9.17, 15) is 20.2 Å². The highest BCUT2D eigenvalue weighted by Gasteiger charge is 2.26. The molecule has 1 unspecified atom stereocenters. The maximum Gasteiger partial charge on any atom is 0.269 e. The number of amides is 1. The normalized spacial score (nSPS) is 11.2. The molecular weight excluding hydrogens is 354 g/mol. The van der Waals surface area contributed by atoms with Crippen molar-refractivity contribution in [1.29, 1.82) is 5.26 Å². The molecule has 1 atom stereocenters. The van der Waals surface area contributed by atoms with Crippen LogP contribution >= 0.6 is 0 Å². The molecule has 0 saturated heterocycles. The van der Waals surface area contributed by atoms with E-state index in [1.54, 1.807) is 12.1 Å². The van der Waals surface area contributed by atoms with E-state index >= 15 is 0 Å². The first kappa shape index (κ1) is 18.8. The van der Waals surface area contributed by atoms with Gasteiger partial charge in [-0.1, -0.05) is 60.7 Å². The quantitative estimate of drug-likeness (QED) is 0.471. The zero-order chi connectivity index (χ0) is 19.9. The standard InChI is InChI=1S/C22H17N3O3/c23-15-21(18-9-5-2-6-10-18)24(16-17-7-3-1-4-8-17)22(26)19-11-13-20(14-12-19)25(27)28/h1-14,21H,16H2. The van der Waals surface area contributed by atoms with Crippen molar-refractivity contribution in [3.63, 3.8) is 0 Å². The molecule has 0 bridgehead atoms. The molecule has 0 heterocycles. The molecule has 3 aromatic carbocycles. The molecule has 0 aliphatic carbocycles. The lowest BCUT2D eigenvalue weighted by molar-refractivity contribution is -0.384. The minimum absolute atomic E-state index is 0.0916. The second kappa shape index (κ2) is 8.60. The number of hydrogen-bond donors (Lipinski definition) is 0. The molecule has 6 heteroatoms. The number of benzene rings is 3. The summed E-state index contributed by atoms with van der Waals surface area (Å²) in [4.78, 5) is 25.0. The van der Waals surface area contributed by atoms with Crippen LogP contribution in [0.5, 0.6) is 0 Å². The molecule has 0 aliphatic rings. The summed E-state index contributed by atoms with van der Waals surface area (Å²) in [6.45, 7) is 0.240. The Bertz CT molecular complexity index is 997. The van der Waals surface area contributed by atoms with Crippen LogP contribution in [0.4, 0.5) is 5.69 Å². The summed E-state index contributed by atoms with van der Waals surface area (Å²) in [6.07, 6.45) is 0. The van der Waals surface area contributed by atoms with Crippen molar-refractivity contribution in [2.45, 2.75) is 12.6 Å². The maximum atomic E-state index is 13.2.